The summed E-state index contributed by atoms with van der Waals surface area (Å²) in [6, 6.07) is 6.62. The van der Waals surface area contributed by atoms with Crippen molar-refractivity contribution in [1.82, 2.24) is 9.97 Å². The highest BCUT2D eigenvalue weighted by molar-refractivity contribution is 7.98. The number of aromatic amines is 1. The lowest BCUT2D eigenvalue weighted by Crippen LogP contribution is -2.09. The standard InChI is InChI=1S/C14H17N3O2S/c1-2-3-10-7-13(19)17-14(16-10)20-8-9-4-5-12(18)11(15)6-9/h4-7,18H,2-3,8,15H2,1H3,(H,16,17,19). The Balaban J connectivity index is 2.10. The quantitative estimate of drug-likeness (QED) is 0.340. The Kier molecular flexibility index (Phi) is 4.68. The molecule has 0 saturated heterocycles. The molecule has 5 nitrogen and oxygen atoms in total. The number of benzene rings is 1. The maximum Gasteiger partial charge on any atom is 0.251 e. The molecule has 1 aromatic heterocycles. The van der Waals surface area contributed by atoms with E-state index in [9.17, 15) is 9.90 Å². The Bertz CT molecular complexity index is 655. The zero-order valence-corrected chi connectivity index (χ0v) is 12.0. The van der Waals surface area contributed by atoms with Gasteiger partial charge in [-0.15, -0.1) is 0 Å². The topological polar surface area (TPSA) is 92.0 Å². The van der Waals surface area contributed by atoms with E-state index >= 15 is 0 Å². The number of nitrogens with two attached hydrogens (primary N) is 1. The Morgan fingerprint density at radius 2 is 2.20 bits per heavy atom. The summed E-state index contributed by atoms with van der Waals surface area (Å²) in [7, 11) is 0. The second kappa shape index (κ2) is 6.47. The highest BCUT2D eigenvalue weighted by atomic mass is 32.2. The molecule has 0 fully saturated rings. The number of nitrogens with one attached hydrogen (secondary N) is 1. The van der Waals surface area contributed by atoms with Gasteiger partial charge in [-0.2, -0.15) is 0 Å². The fourth-order valence-corrected chi connectivity index (χ4v) is 2.62. The molecule has 106 valence electrons. The summed E-state index contributed by atoms with van der Waals surface area (Å²) in [6.07, 6.45) is 1.75. The van der Waals surface area contributed by atoms with E-state index in [1.165, 1.54) is 17.8 Å². The van der Waals surface area contributed by atoms with Crippen LogP contribution in [-0.4, -0.2) is 15.1 Å². The third-order valence-corrected chi connectivity index (χ3v) is 3.69. The second-order valence-corrected chi connectivity index (χ2v) is 5.44. The smallest absolute Gasteiger partial charge is 0.251 e. The predicted molar refractivity (Wildman–Crippen MR) is 80.9 cm³/mol. The summed E-state index contributed by atoms with van der Waals surface area (Å²) in [5, 5.41) is 9.97. The molecule has 0 saturated carbocycles. The number of aryl methyl sites for hydroxylation is 1. The van der Waals surface area contributed by atoms with E-state index in [0.717, 1.165) is 24.1 Å². The van der Waals surface area contributed by atoms with Crippen LogP contribution in [0.25, 0.3) is 0 Å². The number of thioether (sulfide) groups is 1. The van der Waals surface area contributed by atoms with Crippen LogP contribution in [0.2, 0.25) is 0 Å². The van der Waals surface area contributed by atoms with Gasteiger partial charge in [-0.3, -0.25) is 4.79 Å². The monoisotopic (exact) mass is 291 g/mol. The molecule has 2 aromatic rings. The molecule has 1 aromatic carbocycles. The molecule has 0 spiro atoms. The molecule has 6 heteroatoms. The van der Waals surface area contributed by atoms with Crippen molar-refractivity contribution in [2.75, 3.05) is 5.73 Å². The minimum Gasteiger partial charge on any atom is -0.506 e. The van der Waals surface area contributed by atoms with Gasteiger partial charge in [0, 0.05) is 17.5 Å². The Hall–Kier alpha value is -1.95. The number of nitrogen functional groups attached to an aromatic ring is 1. The van der Waals surface area contributed by atoms with Crippen LogP contribution in [0, 0.1) is 0 Å². The van der Waals surface area contributed by atoms with E-state index < -0.39 is 0 Å². The van der Waals surface area contributed by atoms with E-state index in [-0.39, 0.29) is 11.3 Å². The average molecular weight is 291 g/mol. The minimum atomic E-state index is -0.129. The Morgan fingerprint density at radius 1 is 1.40 bits per heavy atom. The van der Waals surface area contributed by atoms with Crippen LogP contribution < -0.4 is 11.3 Å². The van der Waals surface area contributed by atoms with E-state index in [4.69, 9.17) is 5.73 Å². The number of phenols is 1. The SMILES string of the molecule is CCCc1cc(=O)[nH]c(SCc2ccc(O)c(N)c2)n1. The van der Waals surface area contributed by atoms with Crippen LogP contribution in [0.15, 0.2) is 34.2 Å². The number of aromatic hydroxyl groups is 1. The zero-order chi connectivity index (χ0) is 14.5. The lowest BCUT2D eigenvalue weighted by Gasteiger charge is -2.05. The molecule has 2 rings (SSSR count). The van der Waals surface area contributed by atoms with Crippen molar-refractivity contribution >= 4 is 17.4 Å². The molecule has 0 radical (unpaired) electrons. The van der Waals surface area contributed by atoms with Gasteiger partial charge in [0.15, 0.2) is 5.16 Å². The highest BCUT2D eigenvalue weighted by Gasteiger charge is 2.04. The van der Waals surface area contributed by atoms with Crippen LogP contribution in [0.5, 0.6) is 5.75 Å². The number of anilines is 1. The number of H-pyrrole nitrogens is 1. The highest BCUT2D eigenvalue weighted by Crippen LogP contribution is 2.25. The van der Waals surface area contributed by atoms with Crippen LogP contribution in [0.1, 0.15) is 24.6 Å². The minimum absolute atomic E-state index is 0.0789. The first-order valence-electron chi connectivity index (χ1n) is 6.39. The van der Waals surface area contributed by atoms with Crippen molar-refractivity contribution in [1.29, 1.82) is 0 Å². The molecule has 0 atom stereocenters. The van der Waals surface area contributed by atoms with Crippen LogP contribution in [0.4, 0.5) is 5.69 Å². The first-order valence-corrected chi connectivity index (χ1v) is 7.37. The van der Waals surface area contributed by atoms with Crippen molar-refractivity contribution in [3.05, 3.63) is 45.9 Å². The van der Waals surface area contributed by atoms with Crippen molar-refractivity contribution in [3.8, 4) is 5.75 Å². The van der Waals surface area contributed by atoms with Crippen LogP contribution in [-0.2, 0) is 12.2 Å². The van der Waals surface area contributed by atoms with Gasteiger partial charge < -0.3 is 15.8 Å². The van der Waals surface area contributed by atoms with Crippen molar-refractivity contribution in [2.45, 2.75) is 30.7 Å². The zero-order valence-electron chi connectivity index (χ0n) is 11.2. The summed E-state index contributed by atoms with van der Waals surface area (Å²) in [6.45, 7) is 2.05. The van der Waals surface area contributed by atoms with Gasteiger partial charge in [-0.1, -0.05) is 31.2 Å². The molecule has 0 unspecified atom stereocenters. The second-order valence-electron chi connectivity index (χ2n) is 4.47. The maximum atomic E-state index is 11.5. The summed E-state index contributed by atoms with van der Waals surface area (Å²) in [4.78, 5) is 18.7. The molecule has 0 aliphatic heterocycles. The third-order valence-electron chi connectivity index (χ3n) is 2.75. The van der Waals surface area contributed by atoms with Crippen molar-refractivity contribution in [2.24, 2.45) is 0 Å². The molecular weight excluding hydrogens is 274 g/mol. The molecule has 20 heavy (non-hydrogen) atoms. The summed E-state index contributed by atoms with van der Waals surface area (Å²) in [5.41, 5.74) is 7.64. The van der Waals surface area contributed by atoms with Gasteiger partial charge in [-0.25, -0.2) is 4.98 Å². The number of hydrogen-bond acceptors (Lipinski definition) is 5. The van der Waals surface area contributed by atoms with Gasteiger partial charge >= 0.3 is 0 Å². The predicted octanol–water partition coefficient (Wildman–Crippen LogP) is 2.30. The van der Waals surface area contributed by atoms with Crippen molar-refractivity contribution < 1.29 is 5.11 Å². The van der Waals surface area contributed by atoms with Gasteiger partial charge in [0.25, 0.3) is 5.56 Å². The first-order chi connectivity index (χ1) is 9.58. The van der Waals surface area contributed by atoms with Crippen LogP contribution >= 0.6 is 11.8 Å². The van der Waals surface area contributed by atoms with E-state index in [0.29, 0.717) is 16.6 Å². The lowest BCUT2D eigenvalue weighted by molar-refractivity contribution is 0.478. The summed E-state index contributed by atoms with van der Waals surface area (Å²) >= 11 is 1.44. The molecule has 0 bridgehead atoms. The first kappa shape index (κ1) is 14.5. The normalized spacial score (nSPS) is 10.7. The molecule has 4 N–H and O–H groups in total. The van der Waals surface area contributed by atoms with E-state index in [1.807, 2.05) is 0 Å². The number of hydrogen-bond donors (Lipinski definition) is 3. The summed E-state index contributed by atoms with van der Waals surface area (Å²) in [5.74, 6) is 0.707. The number of phenolic OH excluding ortho intramolecular Hbond substituents is 1. The van der Waals surface area contributed by atoms with Gasteiger partial charge in [0.05, 0.1) is 5.69 Å². The van der Waals surface area contributed by atoms with Gasteiger partial charge in [-0.05, 0) is 24.1 Å². The van der Waals surface area contributed by atoms with Crippen molar-refractivity contribution in [3.63, 3.8) is 0 Å². The van der Waals surface area contributed by atoms with E-state index in [2.05, 4.69) is 16.9 Å². The third kappa shape index (κ3) is 3.77. The number of rotatable bonds is 5. The molecule has 0 amide bonds. The molecule has 1 heterocycles. The Morgan fingerprint density at radius 3 is 2.90 bits per heavy atom. The largest absolute Gasteiger partial charge is 0.506 e. The number of aromatic nitrogens is 2. The van der Waals surface area contributed by atoms with Gasteiger partial charge in [0.2, 0.25) is 0 Å². The van der Waals surface area contributed by atoms with Gasteiger partial charge in [0.1, 0.15) is 5.75 Å². The Labute approximate surface area is 121 Å². The molecule has 0 aliphatic rings. The lowest BCUT2D eigenvalue weighted by atomic mass is 10.2. The fraction of sp³-hybridized carbons (Fsp3) is 0.286. The average Bonchev–Trinajstić information content (AvgIpc) is 2.40. The molecular formula is C14H17N3O2S. The fourth-order valence-electron chi connectivity index (χ4n) is 1.78. The summed E-state index contributed by atoms with van der Waals surface area (Å²) < 4.78 is 0. The molecule has 0 aliphatic carbocycles. The number of nitrogens with zero attached hydrogens (tertiary/aromatic N) is 1. The van der Waals surface area contributed by atoms with Crippen LogP contribution in [0.3, 0.4) is 0 Å². The van der Waals surface area contributed by atoms with E-state index in [1.54, 1.807) is 18.2 Å². The maximum absolute atomic E-state index is 11.5.